The fourth-order valence-electron chi connectivity index (χ4n) is 3.45. The Kier molecular flexibility index (Phi) is 4.38. The molecular formula is C16H21F2N3O. The van der Waals surface area contributed by atoms with Crippen LogP contribution in [0.25, 0.3) is 0 Å². The van der Waals surface area contributed by atoms with Crippen LogP contribution in [0.4, 0.5) is 8.78 Å². The van der Waals surface area contributed by atoms with Gasteiger partial charge in [-0.25, -0.2) is 8.78 Å². The fraction of sp³-hybridized carbons (Fsp3) is 0.625. The van der Waals surface area contributed by atoms with Crippen molar-refractivity contribution in [1.82, 2.24) is 15.2 Å². The van der Waals surface area contributed by atoms with Crippen LogP contribution in [0.1, 0.15) is 56.3 Å². The summed E-state index contributed by atoms with van der Waals surface area (Å²) in [6.07, 6.45) is 3.12. The summed E-state index contributed by atoms with van der Waals surface area (Å²) < 4.78 is 25.0. The van der Waals surface area contributed by atoms with Crippen LogP contribution >= 0.6 is 0 Å². The molecule has 0 spiro atoms. The second kappa shape index (κ2) is 6.28. The number of aromatic nitrogens is 1. The third-order valence-corrected chi connectivity index (χ3v) is 4.70. The van der Waals surface area contributed by atoms with Gasteiger partial charge in [-0.05, 0) is 44.2 Å². The van der Waals surface area contributed by atoms with Gasteiger partial charge in [0, 0.05) is 24.8 Å². The first-order chi connectivity index (χ1) is 10.6. The minimum absolute atomic E-state index is 0.0884. The number of amides is 1. The lowest BCUT2D eigenvalue weighted by Crippen LogP contribution is -2.41. The molecular weight excluding hydrogens is 288 g/mol. The zero-order valence-electron chi connectivity index (χ0n) is 12.6. The molecule has 2 aliphatic rings. The Hall–Kier alpha value is -1.56. The van der Waals surface area contributed by atoms with Crippen LogP contribution in [0.15, 0.2) is 18.3 Å². The molecule has 3 unspecified atom stereocenters. The van der Waals surface area contributed by atoms with Gasteiger partial charge in [0.15, 0.2) is 0 Å². The standard InChI is InChI=1S/C16H21F2N3O/c1-10(11-5-6-13(15(17)18)19-9-11)20-14-8-12-4-2-3-7-21(12)16(14)22/h5-6,9-10,12,14-15,20H,2-4,7-8H2,1H3. The highest BCUT2D eigenvalue weighted by atomic mass is 19.3. The number of carbonyl (C=O) groups excluding carboxylic acids is 1. The van der Waals surface area contributed by atoms with Gasteiger partial charge in [-0.15, -0.1) is 0 Å². The molecule has 2 fully saturated rings. The summed E-state index contributed by atoms with van der Waals surface area (Å²) in [5, 5.41) is 3.33. The molecule has 1 aromatic heterocycles. The molecule has 120 valence electrons. The maximum Gasteiger partial charge on any atom is 0.280 e. The van der Waals surface area contributed by atoms with Crippen molar-refractivity contribution in [3.05, 3.63) is 29.6 Å². The van der Waals surface area contributed by atoms with Crippen LogP contribution in [-0.2, 0) is 4.79 Å². The highest BCUT2D eigenvalue weighted by Crippen LogP contribution is 2.29. The monoisotopic (exact) mass is 309 g/mol. The lowest BCUT2D eigenvalue weighted by molar-refractivity contribution is -0.131. The van der Waals surface area contributed by atoms with Gasteiger partial charge in [0.1, 0.15) is 5.69 Å². The first kappa shape index (κ1) is 15.3. The summed E-state index contributed by atoms with van der Waals surface area (Å²) in [6.45, 7) is 2.80. The van der Waals surface area contributed by atoms with Crippen molar-refractivity contribution >= 4 is 5.91 Å². The second-order valence-corrected chi connectivity index (χ2v) is 6.17. The van der Waals surface area contributed by atoms with Gasteiger partial charge in [-0.1, -0.05) is 6.07 Å². The van der Waals surface area contributed by atoms with E-state index in [0.29, 0.717) is 6.04 Å². The Balaban J connectivity index is 1.64. The van der Waals surface area contributed by atoms with Gasteiger partial charge >= 0.3 is 0 Å². The number of halogens is 2. The molecule has 3 heterocycles. The van der Waals surface area contributed by atoms with Crippen molar-refractivity contribution in [2.45, 2.75) is 57.2 Å². The summed E-state index contributed by atoms with van der Waals surface area (Å²) in [7, 11) is 0. The maximum absolute atomic E-state index is 12.5. The van der Waals surface area contributed by atoms with Gasteiger partial charge in [0.2, 0.25) is 5.91 Å². The second-order valence-electron chi connectivity index (χ2n) is 6.17. The van der Waals surface area contributed by atoms with Crippen molar-refractivity contribution in [2.24, 2.45) is 0 Å². The average Bonchev–Trinajstić information content (AvgIpc) is 2.84. The topological polar surface area (TPSA) is 45.2 Å². The van der Waals surface area contributed by atoms with Gasteiger partial charge in [0.05, 0.1) is 6.04 Å². The molecule has 1 amide bonds. The van der Waals surface area contributed by atoms with Crippen LogP contribution in [0, 0.1) is 0 Å². The minimum Gasteiger partial charge on any atom is -0.338 e. The third kappa shape index (κ3) is 2.97. The summed E-state index contributed by atoms with van der Waals surface area (Å²) >= 11 is 0. The summed E-state index contributed by atoms with van der Waals surface area (Å²) in [5.41, 5.74) is 0.604. The average molecular weight is 309 g/mol. The first-order valence-corrected chi connectivity index (χ1v) is 7.87. The SMILES string of the molecule is CC(NC1CC2CCCCN2C1=O)c1ccc(C(F)F)nc1. The molecule has 6 heteroatoms. The molecule has 0 saturated carbocycles. The Morgan fingerprint density at radius 1 is 1.36 bits per heavy atom. The van der Waals surface area contributed by atoms with E-state index in [9.17, 15) is 13.6 Å². The maximum atomic E-state index is 12.5. The van der Waals surface area contributed by atoms with Crippen molar-refractivity contribution in [1.29, 1.82) is 0 Å². The van der Waals surface area contributed by atoms with Crippen molar-refractivity contribution in [2.75, 3.05) is 6.54 Å². The Morgan fingerprint density at radius 3 is 2.82 bits per heavy atom. The number of rotatable bonds is 4. The van der Waals surface area contributed by atoms with Crippen LogP contribution in [0.5, 0.6) is 0 Å². The summed E-state index contributed by atoms with van der Waals surface area (Å²) in [5.74, 6) is 0.175. The van der Waals surface area contributed by atoms with E-state index >= 15 is 0 Å². The summed E-state index contributed by atoms with van der Waals surface area (Å²) in [6, 6.07) is 3.10. The lowest BCUT2D eigenvalue weighted by atomic mass is 10.0. The minimum atomic E-state index is -2.55. The zero-order valence-corrected chi connectivity index (χ0v) is 12.6. The first-order valence-electron chi connectivity index (χ1n) is 7.87. The van der Waals surface area contributed by atoms with Crippen molar-refractivity contribution in [3.8, 4) is 0 Å². The number of nitrogens with one attached hydrogen (secondary N) is 1. The molecule has 1 aromatic rings. The van der Waals surface area contributed by atoms with E-state index < -0.39 is 6.43 Å². The molecule has 0 aromatic carbocycles. The molecule has 3 rings (SSSR count). The molecule has 2 aliphatic heterocycles. The highest BCUT2D eigenvalue weighted by Gasteiger charge is 2.40. The molecule has 3 atom stereocenters. The Labute approximate surface area is 128 Å². The van der Waals surface area contributed by atoms with Gasteiger partial charge < -0.3 is 4.90 Å². The highest BCUT2D eigenvalue weighted by molar-refractivity contribution is 5.84. The van der Waals surface area contributed by atoms with E-state index in [0.717, 1.165) is 31.4 Å². The third-order valence-electron chi connectivity index (χ3n) is 4.70. The Morgan fingerprint density at radius 2 is 2.18 bits per heavy atom. The van der Waals surface area contributed by atoms with Gasteiger partial charge in [-0.2, -0.15) is 0 Å². The van der Waals surface area contributed by atoms with Crippen LogP contribution < -0.4 is 5.32 Å². The number of piperidine rings is 1. The zero-order chi connectivity index (χ0) is 15.7. The molecule has 1 N–H and O–H groups in total. The normalized spacial score (nSPS) is 26.4. The quantitative estimate of drug-likeness (QED) is 0.930. The number of hydrogen-bond acceptors (Lipinski definition) is 3. The molecule has 0 aliphatic carbocycles. The van der Waals surface area contributed by atoms with Gasteiger partial charge in [-0.3, -0.25) is 15.1 Å². The molecule has 2 saturated heterocycles. The van der Waals surface area contributed by atoms with E-state index in [1.807, 2.05) is 11.8 Å². The number of carbonyl (C=O) groups is 1. The van der Waals surface area contributed by atoms with E-state index in [1.54, 1.807) is 6.07 Å². The van der Waals surface area contributed by atoms with Crippen molar-refractivity contribution < 1.29 is 13.6 Å². The van der Waals surface area contributed by atoms with E-state index in [1.165, 1.54) is 18.7 Å². The lowest BCUT2D eigenvalue weighted by Gasteiger charge is -2.29. The van der Waals surface area contributed by atoms with E-state index in [4.69, 9.17) is 0 Å². The van der Waals surface area contributed by atoms with Crippen molar-refractivity contribution in [3.63, 3.8) is 0 Å². The van der Waals surface area contributed by atoms with E-state index in [2.05, 4.69) is 10.3 Å². The largest absolute Gasteiger partial charge is 0.338 e. The number of hydrogen-bond donors (Lipinski definition) is 1. The molecule has 0 radical (unpaired) electrons. The Bertz CT molecular complexity index is 535. The summed E-state index contributed by atoms with van der Waals surface area (Å²) in [4.78, 5) is 18.2. The van der Waals surface area contributed by atoms with Crippen LogP contribution in [-0.4, -0.2) is 34.4 Å². The van der Waals surface area contributed by atoms with E-state index in [-0.39, 0.29) is 23.7 Å². The number of alkyl halides is 2. The number of pyridine rings is 1. The fourth-order valence-corrected chi connectivity index (χ4v) is 3.45. The smallest absolute Gasteiger partial charge is 0.280 e. The van der Waals surface area contributed by atoms with Crippen LogP contribution in [0.3, 0.4) is 0 Å². The van der Waals surface area contributed by atoms with Gasteiger partial charge in [0.25, 0.3) is 6.43 Å². The number of nitrogens with zero attached hydrogens (tertiary/aromatic N) is 2. The predicted octanol–water partition coefficient (Wildman–Crippen LogP) is 2.82. The van der Waals surface area contributed by atoms with Crippen LogP contribution in [0.2, 0.25) is 0 Å². The molecule has 4 nitrogen and oxygen atoms in total. The predicted molar refractivity (Wildman–Crippen MR) is 78.5 cm³/mol. The molecule has 0 bridgehead atoms. The molecule has 22 heavy (non-hydrogen) atoms. The number of fused-ring (bicyclic) bond motifs is 1.